The third-order valence-electron chi connectivity index (χ3n) is 2.92. The molecule has 0 fully saturated rings. The summed E-state index contributed by atoms with van der Waals surface area (Å²) in [6, 6.07) is 18.8. The molecule has 116 valence electrons. The van der Waals surface area contributed by atoms with Crippen molar-refractivity contribution in [2.24, 2.45) is 4.99 Å². The second-order valence-electron chi connectivity index (χ2n) is 4.93. The maximum Gasteiger partial charge on any atom is 0.232 e. The Labute approximate surface area is 131 Å². The molecule has 0 aliphatic heterocycles. The topological polar surface area (TPSA) is 70.6 Å². The van der Waals surface area contributed by atoms with Gasteiger partial charge in [0.1, 0.15) is 0 Å². The molecule has 0 aliphatic rings. The molecular formula is C16H19N3O2S. The van der Waals surface area contributed by atoms with Gasteiger partial charge in [-0.05, 0) is 24.6 Å². The molecule has 0 bridgehead atoms. The quantitative estimate of drug-likeness (QED) is 0.673. The second kappa shape index (κ2) is 7.09. The Bertz CT molecular complexity index is 729. The van der Waals surface area contributed by atoms with Crippen molar-refractivity contribution >= 4 is 21.7 Å². The minimum Gasteiger partial charge on any atom is -0.326 e. The number of sulfonamides is 1. The van der Waals surface area contributed by atoms with Gasteiger partial charge in [0.25, 0.3) is 0 Å². The van der Waals surface area contributed by atoms with Gasteiger partial charge in [0.2, 0.25) is 16.0 Å². The zero-order valence-corrected chi connectivity index (χ0v) is 13.3. The predicted molar refractivity (Wildman–Crippen MR) is 90.3 cm³/mol. The monoisotopic (exact) mass is 317 g/mol. The van der Waals surface area contributed by atoms with Gasteiger partial charge in [-0.1, -0.05) is 48.5 Å². The molecule has 0 amide bonds. The Morgan fingerprint density at radius 1 is 1.00 bits per heavy atom. The number of aliphatic imine (C=N–C) groups is 1. The highest BCUT2D eigenvalue weighted by atomic mass is 32.2. The molecule has 0 aromatic heterocycles. The van der Waals surface area contributed by atoms with E-state index in [-0.39, 0.29) is 12.0 Å². The van der Waals surface area contributed by atoms with Crippen molar-refractivity contribution in [2.75, 3.05) is 11.6 Å². The summed E-state index contributed by atoms with van der Waals surface area (Å²) in [6.07, 6.45) is 1.10. The van der Waals surface area contributed by atoms with E-state index in [1.165, 1.54) is 0 Å². The van der Waals surface area contributed by atoms with Crippen molar-refractivity contribution in [3.05, 3.63) is 66.2 Å². The molecule has 22 heavy (non-hydrogen) atoms. The summed E-state index contributed by atoms with van der Waals surface area (Å²) in [6.45, 7) is 1.91. The predicted octanol–water partition coefficient (Wildman–Crippen LogP) is 2.76. The summed E-state index contributed by atoms with van der Waals surface area (Å²) < 4.78 is 25.5. The average molecular weight is 317 g/mol. The van der Waals surface area contributed by atoms with Gasteiger partial charge in [-0.25, -0.2) is 13.4 Å². The number of hydrogen-bond donors (Lipinski definition) is 2. The highest BCUT2D eigenvalue weighted by Gasteiger charge is 2.10. The summed E-state index contributed by atoms with van der Waals surface area (Å²) in [4.78, 5) is 4.44. The summed E-state index contributed by atoms with van der Waals surface area (Å²) in [7, 11) is -3.41. The number of benzene rings is 2. The first-order chi connectivity index (χ1) is 10.4. The maximum atomic E-state index is 11.5. The zero-order chi connectivity index (χ0) is 16.0. The van der Waals surface area contributed by atoms with Gasteiger partial charge < -0.3 is 5.32 Å². The molecule has 0 saturated carbocycles. The fourth-order valence-corrected chi connectivity index (χ4v) is 2.37. The first-order valence-corrected chi connectivity index (χ1v) is 8.76. The van der Waals surface area contributed by atoms with Gasteiger partial charge >= 0.3 is 0 Å². The smallest absolute Gasteiger partial charge is 0.232 e. The lowest BCUT2D eigenvalue weighted by atomic mass is 10.1. The zero-order valence-electron chi connectivity index (χ0n) is 12.5. The van der Waals surface area contributed by atoms with Gasteiger partial charge in [-0.2, -0.15) is 0 Å². The summed E-state index contributed by atoms with van der Waals surface area (Å²) in [5.74, 6) is 0.199. The molecule has 6 heteroatoms. The first kappa shape index (κ1) is 16.0. The van der Waals surface area contributed by atoms with Crippen molar-refractivity contribution in [1.82, 2.24) is 4.72 Å². The van der Waals surface area contributed by atoms with Gasteiger partial charge in [0.05, 0.1) is 12.3 Å². The summed E-state index contributed by atoms with van der Waals surface area (Å²) in [5, 5.41) is 3.00. The number of nitrogens with zero attached hydrogens (tertiary/aromatic N) is 1. The Morgan fingerprint density at radius 2 is 1.55 bits per heavy atom. The van der Waals surface area contributed by atoms with Crippen molar-refractivity contribution in [3.63, 3.8) is 0 Å². The van der Waals surface area contributed by atoms with E-state index in [0.717, 1.165) is 17.5 Å². The van der Waals surface area contributed by atoms with Crippen LogP contribution < -0.4 is 10.0 Å². The Balaban J connectivity index is 2.25. The Hall–Kier alpha value is -2.34. The van der Waals surface area contributed by atoms with Crippen LogP contribution in [0.3, 0.4) is 0 Å². The highest BCUT2D eigenvalue weighted by molar-refractivity contribution is 7.89. The molecule has 1 atom stereocenters. The minimum atomic E-state index is -3.41. The third kappa shape index (κ3) is 5.21. The van der Waals surface area contributed by atoms with Crippen LogP contribution in [0.25, 0.3) is 0 Å². The van der Waals surface area contributed by atoms with Crippen molar-refractivity contribution in [3.8, 4) is 0 Å². The second-order valence-corrected chi connectivity index (χ2v) is 6.68. The number of anilines is 1. The van der Waals surface area contributed by atoms with E-state index in [0.29, 0.717) is 0 Å². The standard InChI is InChI=1S/C16H19N3O2S/c1-13(14-9-5-3-6-10-14)17-16(19-22(2,20)21)18-15-11-7-4-8-12-15/h3-13H,1-2H3,(H2,17,18,19). The lowest BCUT2D eigenvalue weighted by molar-refractivity contribution is 0.598. The molecule has 0 saturated heterocycles. The van der Waals surface area contributed by atoms with Gasteiger partial charge in [0, 0.05) is 5.69 Å². The van der Waals surface area contributed by atoms with E-state index in [1.807, 2.05) is 67.6 Å². The molecule has 0 radical (unpaired) electrons. The van der Waals surface area contributed by atoms with Crippen LogP contribution in [0.1, 0.15) is 18.5 Å². The molecule has 0 heterocycles. The van der Waals surface area contributed by atoms with Crippen molar-refractivity contribution in [1.29, 1.82) is 0 Å². The minimum absolute atomic E-state index is 0.179. The van der Waals surface area contributed by atoms with Crippen LogP contribution in [-0.4, -0.2) is 20.6 Å². The SMILES string of the molecule is CC(N=C(Nc1ccccc1)NS(C)(=O)=O)c1ccccc1. The van der Waals surface area contributed by atoms with E-state index in [2.05, 4.69) is 15.0 Å². The van der Waals surface area contributed by atoms with Crippen LogP contribution in [-0.2, 0) is 10.0 Å². The largest absolute Gasteiger partial charge is 0.326 e. The fraction of sp³-hybridized carbons (Fsp3) is 0.188. The van der Waals surface area contributed by atoms with E-state index in [1.54, 1.807) is 0 Å². The van der Waals surface area contributed by atoms with Crippen LogP contribution in [0.15, 0.2) is 65.7 Å². The van der Waals surface area contributed by atoms with E-state index < -0.39 is 10.0 Å². The number of rotatable bonds is 4. The lowest BCUT2D eigenvalue weighted by Gasteiger charge is -2.14. The van der Waals surface area contributed by atoms with Crippen LogP contribution in [0, 0.1) is 0 Å². The van der Waals surface area contributed by atoms with E-state index in [4.69, 9.17) is 0 Å². The number of nitrogens with one attached hydrogen (secondary N) is 2. The first-order valence-electron chi connectivity index (χ1n) is 6.86. The number of guanidine groups is 1. The number of para-hydroxylation sites is 1. The van der Waals surface area contributed by atoms with E-state index >= 15 is 0 Å². The fourth-order valence-electron chi connectivity index (χ4n) is 1.92. The Kier molecular flexibility index (Phi) is 5.16. The van der Waals surface area contributed by atoms with E-state index in [9.17, 15) is 8.42 Å². The number of hydrogen-bond acceptors (Lipinski definition) is 3. The molecule has 1 unspecified atom stereocenters. The van der Waals surface area contributed by atoms with Crippen molar-refractivity contribution in [2.45, 2.75) is 13.0 Å². The van der Waals surface area contributed by atoms with Gasteiger partial charge in [0.15, 0.2) is 0 Å². The lowest BCUT2D eigenvalue weighted by Crippen LogP contribution is -2.35. The van der Waals surface area contributed by atoms with Gasteiger partial charge in [-0.15, -0.1) is 0 Å². The van der Waals surface area contributed by atoms with Crippen molar-refractivity contribution < 1.29 is 8.42 Å². The molecule has 5 nitrogen and oxygen atoms in total. The molecule has 0 spiro atoms. The summed E-state index contributed by atoms with van der Waals surface area (Å²) >= 11 is 0. The third-order valence-corrected chi connectivity index (χ3v) is 3.49. The molecule has 2 N–H and O–H groups in total. The molecule has 2 rings (SSSR count). The Morgan fingerprint density at radius 3 is 2.09 bits per heavy atom. The molecule has 2 aromatic carbocycles. The maximum absolute atomic E-state index is 11.5. The van der Waals surface area contributed by atoms with Crippen LogP contribution in [0.5, 0.6) is 0 Å². The molecule has 2 aromatic rings. The van der Waals surface area contributed by atoms with Crippen LogP contribution >= 0.6 is 0 Å². The molecule has 0 aliphatic carbocycles. The normalized spacial score (nSPS) is 13.5. The van der Waals surface area contributed by atoms with Crippen LogP contribution in [0.4, 0.5) is 5.69 Å². The molecular weight excluding hydrogens is 298 g/mol. The van der Waals surface area contributed by atoms with Crippen LogP contribution in [0.2, 0.25) is 0 Å². The highest BCUT2D eigenvalue weighted by Crippen LogP contribution is 2.16. The van der Waals surface area contributed by atoms with Gasteiger partial charge in [-0.3, -0.25) is 4.72 Å². The average Bonchev–Trinajstić information content (AvgIpc) is 2.47. The summed E-state index contributed by atoms with van der Waals surface area (Å²) in [5.41, 5.74) is 1.77.